The fourth-order valence-corrected chi connectivity index (χ4v) is 2.24. The number of nitrogens with zero attached hydrogens (tertiary/aromatic N) is 1. The van der Waals surface area contributed by atoms with E-state index in [2.05, 4.69) is 59.7 Å². The van der Waals surface area contributed by atoms with Gasteiger partial charge < -0.3 is 14.6 Å². The van der Waals surface area contributed by atoms with Gasteiger partial charge in [0.15, 0.2) is 0 Å². The number of aryl methyl sites for hydroxylation is 1. The first kappa shape index (κ1) is 15.6. The van der Waals surface area contributed by atoms with Crippen molar-refractivity contribution in [1.82, 2.24) is 9.88 Å². The molecule has 0 aliphatic rings. The van der Waals surface area contributed by atoms with Crippen molar-refractivity contribution < 1.29 is 9.53 Å². The van der Waals surface area contributed by atoms with E-state index in [1.165, 1.54) is 18.1 Å². The lowest BCUT2D eigenvalue weighted by atomic mass is 10.1. The smallest absolute Gasteiger partial charge is 0.307 e. The minimum atomic E-state index is -0.178. The highest BCUT2D eigenvalue weighted by atomic mass is 16.5. The summed E-state index contributed by atoms with van der Waals surface area (Å²) in [7, 11) is 1.42. The number of benzene rings is 1. The van der Waals surface area contributed by atoms with Crippen molar-refractivity contribution in [2.24, 2.45) is 0 Å². The summed E-state index contributed by atoms with van der Waals surface area (Å²) in [6, 6.07) is 8.54. The maximum absolute atomic E-state index is 11.2. The van der Waals surface area contributed by atoms with Crippen molar-refractivity contribution in [3.8, 4) is 0 Å². The maximum atomic E-state index is 11.2. The maximum Gasteiger partial charge on any atom is 0.307 e. The zero-order chi connectivity index (χ0) is 15.5. The van der Waals surface area contributed by atoms with Gasteiger partial charge in [0.1, 0.15) is 0 Å². The summed E-state index contributed by atoms with van der Waals surface area (Å²) in [6.45, 7) is 7.99. The Bertz CT molecular complexity index is 623. The molecule has 0 aliphatic carbocycles. The molecule has 114 valence electrons. The van der Waals surface area contributed by atoms with Gasteiger partial charge in [-0.15, -0.1) is 0 Å². The predicted octanol–water partition coefficient (Wildman–Crippen LogP) is 3.09. The van der Waals surface area contributed by atoms with Gasteiger partial charge in [-0.25, -0.2) is 0 Å². The molecule has 0 fully saturated rings. The minimum Gasteiger partial charge on any atom is -0.469 e. The molecule has 0 unspecified atom stereocenters. The van der Waals surface area contributed by atoms with Gasteiger partial charge in [-0.3, -0.25) is 4.79 Å². The van der Waals surface area contributed by atoms with Gasteiger partial charge in [0, 0.05) is 30.3 Å². The summed E-state index contributed by atoms with van der Waals surface area (Å²) >= 11 is 0. The second-order valence-electron chi connectivity index (χ2n) is 6.33. The number of hydrogen-bond acceptors (Lipinski definition) is 3. The van der Waals surface area contributed by atoms with Gasteiger partial charge in [-0.1, -0.05) is 6.07 Å². The zero-order valence-corrected chi connectivity index (χ0v) is 13.3. The largest absolute Gasteiger partial charge is 0.469 e. The normalized spacial score (nSPS) is 11.8. The van der Waals surface area contributed by atoms with Gasteiger partial charge in [0.25, 0.3) is 0 Å². The van der Waals surface area contributed by atoms with Crippen LogP contribution in [0.3, 0.4) is 0 Å². The highest BCUT2D eigenvalue weighted by Gasteiger charge is 2.09. The van der Waals surface area contributed by atoms with Gasteiger partial charge >= 0.3 is 5.97 Å². The van der Waals surface area contributed by atoms with E-state index in [9.17, 15) is 4.79 Å². The highest BCUT2D eigenvalue weighted by molar-refractivity contribution is 5.81. The monoisotopic (exact) mass is 288 g/mol. The van der Waals surface area contributed by atoms with Crippen LogP contribution >= 0.6 is 0 Å². The summed E-state index contributed by atoms with van der Waals surface area (Å²) in [6.07, 6.45) is 2.42. The average Bonchev–Trinajstić information content (AvgIpc) is 2.84. The molecule has 0 saturated heterocycles. The van der Waals surface area contributed by atoms with Crippen LogP contribution in [0.5, 0.6) is 0 Å². The zero-order valence-electron chi connectivity index (χ0n) is 13.3. The number of rotatable bonds is 5. The van der Waals surface area contributed by atoms with Crippen molar-refractivity contribution in [3.63, 3.8) is 0 Å². The lowest BCUT2D eigenvalue weighted by Gasteiger charge is -2.20. The molecule has 2 rings (SSSR count). The minimum absolute atomic E-state index is 0.113. The SMILES string of the molecule is COC(=O)CCn1ccc2cc(CNC(C)(C)C)ccc21. The Labute approximate surface area is 126 Å². The second kappa shape index (κ2) is 6.31. The lowest BCUT2D eigenvalue weighted by molar-refractivity contribution is -0.140. The molecule has 4 heteroatoms. The highest BCUT2D eigenvalue weighted by Crippen LogP contribution is 2.18. The van der Waals surface area contributed by atoms with E-state index in [1.54, 1.807) is 0 Å². The average molecular weight is 288 g/mol. The van der Waals surface area contributed by atoms with Crippen molar-refractivity contribution >= 4 is 16.9 Å². The van der Waals surface area contributed by atoms with Crippen molar-refractivity contribution in [1.29, 1.82) is 0 Å². The van der Waals surface area contributed by atoms with E-state index in [-0.39, 0.29) is 11.5 Å². The Morgan fingerprint density at radius 2 is 2.05 bits per heavy atom. The molecule has 2 aromatic rings. The number of esters is 1. The van der Waals surface area contributed by atoms with Crippen LogP contribution in [-0.2, 0) is 22.6 Å². The number of aromatic nitrogens is 1. The van der Waals surface area contributed by atoms with Crippen molar-refractivity contribution in [2.45, 2.75) is 45.8 Å². The molecule has 1 N–H and O–H groups in total. The van der Waals surface area contributed by atoms with Gasteiger partial charge in [0.2, 0.25) is 0 Å². The van der Waals surface area contributed by atoms with Crippen LogP contribution in [-0.4, -0.2) is 23.2 Å². The summed E-state index contributed by atoms with van der Waals surface area (Å²) in [5, 5.41) is 4.69. The topological polar surface area (TPSA) is 43.3 Å². The Morgan fingerprint density at radius 3 is 2.71 bits per heavy atom. The van der Waals surface area contributed by atoms with Gasteiger partial charge in [-0.2, -0.15) is 0 Å². The molecule has 4 nitrogen and oxygen atoms in total. The Kier molecular flexibility index (Phi) is 4.68. The lowest BCUT2D eigenvalue weighted by Crippen LogP contribution is -2.35. The van der Waals surface area contributed by atoms with Crippen molar-refractivity contribution in [3.05, 3.63) is 36.0 Å². The van der Waals surface area contributed by atoms with Gasteiger partial charge in [-0.05, 0) is 49.9 Å². The molecule has 1 aromatic heterocycles. The first-order valence-electron chi connectivity index (χ1n) is 7.29. The van der Waals surface area contributed by atoms with E-state index < -0.39 is 0 Å². The first-order valence-corrected chi connectivity index (χ1v) is 7.29. The Balaban J connectivity index is 2.09. The molecule has 0 bridgehead atoms. The molecule has 21 heavy (non-hydrogen) atoms. The Morgan fingerprint density at radius 1 is 1.29 bits per heavy atom. The molecule has 0 aliphatic heterocycles. The summed E-state index contributed by atoms with van der Waals surface area (Å²) in [5.74, 6) is -0.178. The number of hydrogen-bond donors (Lipinski definition) is 1. The fourth-order valence-electron chi connectivity index (χ4n) is 2.24. The molecular weight excluding hydrogens is 264 g/mol. The standard InChI is InChI=1S/C17H24N2O2/c1-17(2,3)18-12-13-5-6-15-14(11-13)7-9-19(15)10-8-16(20)21-4/h5-7,9,11,18H,8,10,12H2,1-4H3. The number of nitrogens with one attached hydrogen (secondary N) is 1. The van der Waals surface area contributed by atoms with Gasteiger partial charge in [0.05, 0.1) is 13.5 Å². The summed E-state index contributed by atoms with van der Waals surface area (Å²) < 4.78 is 6.77. The number of carbonyl (C=O) groups excluding carboxylic acids is 1. The fraction of sp³-hybridized carbons (Fsp3) is 0.471. The molecule has 0 amide bonds. The van der Waals surface area contributed by atoms with E-state index in [4.69, 9.17) is 0 Å². The molecule has 1 aromatic carbocycles. The number of carbonyl (C=O) groups is 1. The number of ether oxygens (including phenoxy) is 1. The Hall–Kier alpha value is -1.81. The summed E-state index contributed by atoms with van der Waals surface area (Å²) in [5.41, 5.74) is 2.53. The third-order valence-corrected chi connectivity index (χ3v) is 3.44. The molecule has 1 heterocycles. The van der Waals surface area contributed by atoms with E-state index in [1.807, 2.05) is 6.20 Å². The molecule has 0 spiro atoms. The van der Waals surface area contributed by atoms with Crippen LogP contribution in [0.25, 0.3) is 10.9 Å². The van der Waals surface area contributed by atoms with Crippen LogP contribution in [0, 0.1) is 0 Å². The van der Waals surface area contributed by atoms with Crippen molar-refractivity contribution in [2.75, 3.05) is 7.11 Å². The molecular formula is C17H24N2O2. The molecule has 0 radical (unpaired) electrons. The van der Waals surface area contributed by atoms with E-state index >= 15 is 0 Å². The van der Waals surface area contributed by atoms with Crippen LogP contribution in [0.4, 0.5) is 0 Å². The van der Waals surface area contributed by atoms with Crippen LogP contribution < -0.4 is 5.32 Å². The number of fused-ring (bicyclic) bond motifs is 1. The predicted molar refractivity (Wildman–Crippen MR) is 85.2 cm³/mol. The second-order valence-corrected chi connectivity index (χ2v) is 6.33. The van der Waals surface area contributed by atoms with Crippen LogP contribution in [0.1, 0.15) is 32.8 Å². The molecule has 0 atom stereocenters. The van der Waals surface area contributed by atoms with Crippen LogP contribution in [0.2, 0.25) is 0 Å². The third-order valence-electron chi connectivity index (χ3n) is 3.44. The molecule has 0 saturated carbocycles. The quantitative estimate of drug-likeness (QED) is 0.860. The summed E-state index contributed by atoms with van der Waals surface area (Å²) in [4.78, 5) is 11.2. The van der Waals surface area contributed by atoms with Crippen LogP contribution in [0.15, 0.2) is 30.5 Å². The third kappa shape index (κ3) is 4.33. The first-order chi connectivity index (χ1) is 9.89. The number of methoxy groups -OCH3 is 1. The van der Waals surface area contributed by atoms with E-state index in [0.29, 0.717) is 13.0 Å². The van der Waals surface area contributed by atoms with E-state index in [0.717, 1.165) is 12.1 Å².